The summed E-state index contributed by atoms with van der Waals surface area (Å²) < 4.78 is 5.43. The summed E-state index contributed by atoms with van der Waals surface area (Å²) in [6, 6.07) is 4.14. The molecule has 6 heteroatoms. The molecule has 0 aromatic carbocycles. The fourth-order valence-electron chi connectivity index (χ4n) is 2.79. The number of aromatic nitrogens is 1. The molecule has 2 heterocycles. The summed E-state index contributed by atoms with van der Waals surface area (Å²) in [6.45, 7) is 12.5. The predicted molar refractivity (Wildman–Crippen MR) is 96.2 cm³/mol. The minimum Gasteiger partial charge on any atom is -0.444 e. The van der Waals surface area contributed by atoms with E-state index in [-0.39, 0.29) is 12.1 Å². The monoisotopic (exact) mass is 334 g/mol. The van der Waals surface area contributed by atoms with Crippen LogP contribution < -0.4 is 10.6 Å². The Bertz CT molecular complexity index is 575. The minimum absolute atomic E-state index is 0.0376. The zero-order valence-electron chi connectivity index (χ0n) is 15.5. The Morgan fingerprint density at radius 2 is 1.92 bits per heavy atom. The van der Waals surface area contributed by atoms with Crippen molar-refractivity contribution in [2.24, 2.45) is 5.73 Å². The van der Waals surface area contributed by atoms with Crippen molar-refractivity contribution in [2.75, 3.05) is 31.1 Å². The molecule has 1 fully saturated rings. The molecule has 1 amide bonds. The molecular weight excluding hydrogens is 304 g/mol. The van der Waals surface area contributed by atoms with Crippen molar-refractivity contribution in [1.29, 1.82) is 0 Å². The van der Waals surface area contributed by atoms with Gasteiger partial charge in [0.15, 0.2) is 0 Å². The average Bonchev–Trinajstić information content (AvgIpc) is 2.52. The van der Waals surface area contributed by atoms with E-state index in [1.165, 1.54) is 0 Å². The number of hydrogen-bond acceptors (Lipinski definition) is 5. The molecule has 134 valence electrons. The third-order valence-corrected chi connectivity index (χ3v) is 4.21. The molecule has 1 aromatic rings. The van der Waals surface area contributed by atoms with E-state index in [1.54, 1.807) is 4.90 Å². The van der Waals surface area contributed by atoms with E-state index in [0.717, 1.165) is 36.6 Å². The Morgan fingerprint density at radius 3 is 2.42 bits per heavy atom. The number of carbonyl (C=O) groups is 1. The van der Waals surface area contributed by atoms with Crippen LogP contribution in [-0.2, 0) is 4.74 Å². The Kier molecular flexibility index (Phi) is 5.70. The van der Waals surface area contributed by atoms with Gasteiger partial charge in [0.1, 0.15) is 11.4 Å². The van der Waals surface area contributed by atoms with Crippen LogP contribution in [0.2, 0.25) is 0 Å². The lowest BCUT2D eigenvalue weighted by molar-refractivity contribution is 0.0240. The quantitative estimate of drug-likeness (QED) is 0.920. The first-order valence-electron chi connectivity index (χ1n) is 8.67. The molecule has 0 aliphatic carbocycles. The number of rotatable bonds is 3. The zero-order chi connectivity index (χ0) is 17.9. The van der Waals surface area contributed by atoms with Crippen molar-refractivity contribution in [3.63, 3.8) is 0 Å². The highest BCUT2D eigenvalue weighted by Gasteiger charge is 2.26. The fraction of sp³-hybridized carbons (Fsp3) is 0.667. The summed E-state index contributed by atoms with van der Waals surface area (Å²) in [5, 5.41) is 0. The summed E-state index contributed by atoms with van der Waals surface area (Å²) in [5.74, 6) is 0.948. The van der Waals surface area contributed by atoms with E-state index < -0.39 is 5.60 Å². The lowest BCUT2D eigenvalue weighted by Gasteiger charge is -2.36. The maximum absolute atomic E-state index is 12.1. The number of nitrogens with zero attached hydrogens (tertiary/aromatic N) is 3. The summed E-state index contributed by atoms with van der Waals surface area (Å²) >= 11 is 0. The maximum atomic E-state index is 12.1. The topological polar surface area (TPSA) is 71.7 Å². The van der Waals surface area contributed by atoms with Gasteiger partial charge in [0.05, 0.1) is 0 Å². The van der Waals surface area contributed by atoms with Crippen LogP contribution in [0.5, 0.6) is 0 Å². The number of aryl methyl sites for hydroxylation is 1. The molecule has 1 aliphatic heterocycles. The van der Waals surface area contributed by atoms with Gasteiger partial charge in [0.2, 0.25) is 0 Å². The highest BCUT2D eigenvalue weighted by atomic mass is 16.6. The van der Waals surface area contributed by atoms with Gasteiger partial charge in [0, 0.05) is 37.9 Å². The number of hydrogen-bond donors (Lipinski definition) is 1. The van der Waals surface area contributed by atoms with Gasteiger partial charge in [-0.25, -0.2) is 9.78 Å². The molecule has 1 aromatic heterocycles. The number of carbonyl (C=O) groups excluding carboxylic acids is 1. The van der Waals surface area contributed by atoms with E-state index in [9.17, 15) is 4.79 Å². The second kappa shape index (κ2) is 7.38. The van der Waals surface area contributed by atoms with Crippen LogP contribution in [0.3, 0.4) is 0 Å². The lowest BCUT2D eigenvalue weighted by Crippen LogP contribution is -2.50. The number of anilines is 1. The first-order chi connectivity index (χ1) is 11.2. The molecule has 0 bridgehead atoms. The van der Waals surface area contributed by atoms with Crippen molar-refractivity contribution in [3.8, 4) is 0 Å². The first-order valence-corrected chi connectivity index (χ1v) is 8.67. The van der Waals surface area contributed by atoms with Crippen LogP contribution in [0.4, 0.5) is 10.6 Å². The van der Waals surface area contributed by atoms with E-state index in [2.05, 4.69) is 17.9 Å². The summed E-state index contributed by atoms with van der Waals surface area (Å²) in [5.41, 5.74) is 7.74. The fourth-order valence-corrected chi connectivity index (χ4v) is 2.79. The normalized spacial score (nSPS) is 16.9. The molecule has 1 aliphatic rings. The molecule has 1 saturated heterocycles. The molecule has 1 atom stereocenters. The highest BCUT2D eigenvalue weighted by Crippen LogP contribution is 2.22. The van der Waals surface area contributed by atoms with Gasteiger partial charge in [-0.3, -0.25) is 0 Å². The molecule has 2 rings (SSSR count). The Balaban J connectivity index is 1.97. The number of pyridine rings is 1. The zero-order valence-corrected chi connectivity index (χ0v) is 15.5. The van der Waals surface area contributed by atoms with Crippen molar-refractivity contribution >= 4 is 11.9 Å². The third kappa shape index (κ3) is 4.60. The van der Waals surface area contributed by atoms with Crippen LogP contribution in [-0.4, -0.2) is 47.8 Å². The molecule has 0 radical (unpaired) electrons. The SMILES string of the molecule is CC[C@@H](N)c1ccc(N2CCN(C(=O)OC(C)(C)C)CC2)nc1C. The van der Waals surface area contributed by atoms with Gasteiger partial charge >= 0.3 is 6.09 Å². The van der Waals surface area contributed by atoms with E-state index in [1.807, 2.05) is 33.8 Å². The van der Waals surface area contributed by atoms with E-state index >= 15 is 0 Å². The number of ether oxygens (including phenoxy) is 1. The molecular formula is C18H30N4O2. The summed E-state index contributed by atoms with van der Waals surface area (Å²) in [4.78, 5) is 20.8. The molecule has 2 N–H and O–H groups in total. The van der Waals surface area contributed by atoms with E-state index in [0.29, 0.717) is 13.1 Å². The molecule has 0 spiro atoms. The molecule has 0 saturated carbocycles. The van der Waals surface area contributed by atoms with Crippen molar-refractivity contribution in [2.45, 2.75) is 52.7 Å². The average molecular weight is 334 g/mol. The van der Waals surface area contributed by atoms with Crippen LogP contribution in [0.25, 0.3) is 0 Å². The number of piperazine rings is 1. The summed E-state index contributed by atoms with van der Waals surface area (Å²) in [7, 11) is 0. The van der Waals surface area contributed by atoms with Crippen molar-refractivity contribution in [3.05, 3.63) is 23.4 Å². The first kappa shape index (κ1) is 18.5. The van der Waals surface area contributed by atoms with Crippen molar-refractivity contribution in [1.82, 2.24) is 9.88 Å². The Labute approximate surface area is 145 Å². The van der Waals surface area contributed by atoms with Gasteiger partial charge < -0.3 is 20.3 Å². The van der Waals surface area contributed by atoms with Gasteiger partial charge in [-0.15, -0.1) is 0 Å². The molecule has 24 heavy (non-hydrogen) atoms. The smallest absolute Gasteiger partial charge is 0.410 e. The van der Waals surface area contributed by atoms with Gasteiger partial charge in [-0.2, -0.15) is 0 Å². The minimum atomic E-state index is -0.458. The molecule has 6 nitrogen and oxygen atoms in total. The second-order valence-electron chi connectivity index (χ2n) is 7.31. The van der Waals surface area contributed by atoms with E-state index in [4.69, 9.17) is 15.5 Å². The standard InChI is InChI=1S/C18H30N4O2/c1-6-15(19)14-7-8-16(20-13(14)2)21-9-11-22(12-10-21)17(23)24-18(3,4)5/h7-8,15H,6,9-12,19H2,1-5H3/t15-/m1/s1. The Morgan fingerprint density at radius 1 is 1.29 bits per heavy atom. The van der Waals surface area contributed by atoms with Crippen molar-refractivity contribution < 1.29 is 9.53 Å². The van der Waals surface area contributed by atoms with Gasteiger partial charge in [-0.05, 0) is 45.7 Å². The van der Waals surface area contributed by atoms with Gasteiger partial charge in [-0.1, -0.05) is 13.0 Å². The van der Waals surface area contributed by atoms with Crippen LogP contribution in [0, 0.1) is 6.92 Å². The maximum Gasteiger partial charge on any atom is 0.410 e. The summed E-state index contributed by atoms with van der Waals surface area (Å²) in [6.07, 6.45) is 0.659. The predicted octanol–water partition coefficient (Wildman–Crippen LogP) is 2.86. The van der Waals surface area contributed by atoms with Crippen LogP contribution in [0.15, 0.2) is 12.1 Å². The third-order valence-electron chi connectivity index (χ3n) is 4.21. The van der Waals surface area contributed by atoms with Crippen LogP contribution in [0.1, 0.15) is 51.4 Å². The number of amides is 1. The Hall–Kier alpha value is -1.82. The van der Waals surface area contributed by atoms with Gasteiger partial charge in [0.25, 0.3) is 0 Å². The molecule has 0 unspecified atom stereocenters. The van der Waals surface area contributed by atoms with Crippen LogP contribution >= 0.6 is 0 Å². The second-order valence-corrected chi connectivity index (χ2v) is 7.31. The highest BCUT2D eigenvalue weighted by molar-refractivity contribution is 5.68. The largest absolute Gasteiger partial charge is 0.444 e. The lowest BCUT2D eigenvalue weighted by atomic mass is 10.0. The number of nitrogens with two attached hydrogens (primary N) is 1.